The third-order valence-electron chi connectivity index (χ3n) is 6.23. The highest BCUT2D eigenvalue weighted by Gasteiger charge is 2.22. The smallest absolute Gasteiger partial charge is 0.161 e. The lowest BCUT2D eigenvalue weighted by atomic mass is 9.88. The molecule has 1 aliphatic carbocycles. The maximum atomic E-state index is 6.04. The predicted octanol–water partition coefficient (Wildman–Crippen LogP) is 6.98. The number of para-hydroxylation sites is 2. The molecule has 0 aliphatic heterocycles. The van der Waals surface area contributed by atoms with Gasteiger partial charge in [0, 0.05) is 12.5 Å². The largest absolute Gasteiger partial charge is 0.493 e. The number of fused-ring (bicyclic) bond motifs is 1. The number of benzene rings is 2. The number of allylic oxidation sites excluding steroid dienone is 1. The minimum absolute atomic E-state index is 0.609. The van der Waals surface area contributed by atoms with Crippen LogP contribution in [0.25, 0.3) is 17.1 Å². The molecule has 4 heteroatoms. The van der Waals surface area contributed by atoms with E-state index in [1.807, 2.05) is 25.1 Å². The molecule has 1 fully saturated rings. The number of aromatic nitrogens is 2. The zero-order valence-electron chi connectivity index (χ0n) is 18.8. The van der Waals surface area contributed by atoms with Gasteiger partial charge in [-0.2, -0.15) is 0 Å². The molecule has 164 valence electrons. The Kier molecular flexibility index (Phi) is 7.29. The van der Waals surface area contributed by atoms with Gasteiger partial charge in [-0.1, -0.05) is 49.6 Å². The molecule has 0 atom stereocenters. The van der Waals surface area contributed by atoms with Crippen LogP contribution in [0, 0.1) is 0 Å². The van der Waals surface area contributed by atoms with Gasteiger partial charge in [0.05, 0.1) is 24.8 Å². The molecule has 1 saturated carbocycles. The molecule has 0 unspecified atom stereocenters. The Morgan fingerprint density at radius 2 is 1.87 bits per heavy atom. The van der Waals surface area contributed by atoms with Gasteiger partial charge in [-0.05, 0) is 62.4 Å². The fourth-order valence-corrected chi connectivity index (χ4v) is 4.66. The van der Waals surface area contributed by atoms with E-state index in [4.69, 9.17) is 14.5 Å². The van der Waals surface area contributed by atoms with Crippen LogP contribution < -0.4 is 9.47 Å². The topological polar surface area (TPSA) is 36.3 Å². The number of hydrogen-bond acceptors (Lipinski definition) is 3. The summed E-state index contributed by atoms with van der Waals surface area (Å²) in [6.45, 7) is 3.69. The van der Waals surface area contributed by atoms with E-state index in [1.165, 1.54) is 43.4 Å². The molecule has 0 amide bonds. The van der Waals surface area contributed by atoms with Crippen molar-refractivity contribution in [3.05, 3.63) is 59.9 Å². The molecule has 0 saturated heterocycles. The minimum Gasteiger partial charge on any atom is -0.493 e. The van der Waals surface area contributed by atoms with Crippen molar-refractivity contribution < 1.29 is 9.47 Å². The van der Waals surface area contributed by atoms with Gasteiger partial charge in [0.25, 0.3) is 0 Å². The molecule has 31 heavy (non-hydrogen) atoms. The van der Waals surface area contributed by atoms with Crippen molar-refractivity contribution in [3.63, 3.8) is 0 Å². The second-order valence-corrected chi connectivity index (χ2v) is 8.41. The van der Waals surface area contributed by atoms with E-state index in [2.05, 4.69) is 41.0 Å². The molecule has 0 bridgehead atoms. The molecule has 1 heterocycles. The van der Waals surface area contributed by atoms with Gasteiger partial charge >= 0.3 is 0 Å². The Morgan fingerprint density at radius 1 is 1.03 bits per heavy atom. The summed E-state index contributed by atoms with van der Waals surface area (Å²) in [6, 6.07) is 14.6. The van der Waals surface area contributed by atoms with E-state index >= 15 is 0 Å². The number of ether oxygens (including phenoxy) is 2. The highest BCUT2D eigenvalue weighted by Crippen LogP contribution is 2.34. The fourth-order valence-electron chi connectivity index (χ4n) is 4.66. The van der Waals surface area contributed by atoms with Gasteiger partial charge in [-0.15, -0.1) is 0 Å². The van der Waals surface area contributed by atoms with Crippen molar-refractivity contribution in [3.8, 4) is 11.5 Å². The zero-order valence-corrected chi connectivity index (χ0v) is 18.8. The fraction of sp³-hybridized carbons (Fsp3) is 0.444. The average Bonchev–Trinajstić information content (AvgIpc) is 3.19. The first-order chi connectivity index (χ1) is 15.3. The Morgan fingerprint density at radius 3 is 2.68 bits per heavy atom. The van der Waals surface area contributed by atoms with Crippen LogP contribution in [-0.4, -0.2) is 23.3 Å². The molecule has 4 nitrogen and oxygen atoms in total. The van der Waals surface area contributed by atoms with Gasteiger partial charge in [0.1, 0.15) is 5.82 Å². The second-order valence-electron chi connectivity index (χ2n) is 8.41. The molecule has 0 radical (unpaired) electrons. The van der Waals surface area contributed by atoms with Crippen molar-refractivity contribution in [2.45, 2.75) is 64.3 Å². The standard InChI is InChI=1S/C27H34N2O2/c1-3-11-21-16-17-25(26(20-21)30-2)31-19-10-9-18-29-24-15-8-7-14-23(24)28-27(29)22-12-5-4-6-13-22/h3,7-8,11,14-17,20,22H,4-6,9-10,12-13,18-19H2,1-2H3/b11-3+. The van der Waals surface area contributed by atoms with Crippen molar-refractivity contribution in [2.75, 3.05) is 13.7 Å². The summed E-state index contributed by atoms with van der Waals surface area (Å²) in [7, 11) is 1.69. The van der Waals surface area contributed by atoms with Crippen LogP contribution in [0.2, 0.25) is 0 Å². The molecular weight excluding hydrogens is 384 g/mol. The van der Waals surface area contributed by atoms with Crippen LogP contribution in [0.5, 0.6) is 11.5 Å². The first-order valence-electron chi connectivity index (χ1n) is 11.7. The quantitative estimate of drug-likeness (QED) is 0.352. The van der Waals surface area contributed by atoms with Gasteiger partial charge in [-0.25, -0.2) is 4.98 Å². The number of nitrogens with zero attached hydrogens (tertiary/aromatic N) is 2. The van der Waals surface area contributed by atoms with Crippen LogP contribution in [0.1, 0.15) is 69.2 Å². The van der Waals surface area contributed by atoms with E-state index in [0.29, 0.717) is 12.5 Å². The highest BCUT2D eigenvalue weighted by molar-refractivity contribution is 5.76. The number of methoxy groups -OCH3 is 1. The van der Waals surface area contributed by atoms with Crippen molar-refractivity contribution >= 4 is 17.1 Å². The molecule has 3 aromatic rings. The SMILES string of the molecule is C/C=C/c1ccc(OCCCCn2c(C3CCCCC3)nc3ccccc32)c(OC)c1. The van der Waals surface area contributed by atoms with Gasteiger partial charge in [0.15, 0.2) is 11.5 Å². The predicted molar refractivity (Wildman–Crippen MR) is 128 cm³/mol. The molecule has 1 aromatic heterocycles. The van der Waals surface area contributed by atoms with E-state index in [1.54, 1.807) is 7.11 Å². The second kappa shape index (κ2) is 10.5. The maximum absolute atomic E-state index is 6.04. The lowest BCUT2D eigenvalue weighted by Gasteiger charge is -2.22. The normalized spacial score (nSPS) is 15.0. The molecule has 0 N–H and O–H groups in total. The lowest BCUT2D eigenvalue weighted by Crippen LogP contribution is -2.13. The summed E-state index contributed by atoms with van der Waals surface area (Å²) in [5.74, 6) is 3.50. The average molecular weight is 419 g/mol. The summed E-state index contributed by atoms with van der Waals surface area (Å²) >= 11 is 0. The van der Waals surface area contributed by atoms with E-state index in [9.17, 15) is 0 Å². The number of unbranched alkanes of at least 4 members (excludes halogenated alkanes) is 1. The Bertz CT molecular complexity index is 1020. The van der Waals surface area contributed by atoms with Crippen molar-refractivity contribution in [1.82, 2.24) is 9.55 Å². The van der Waals surface area contributed by atoms with Crippen molar-refractivity contribution in [1.29, 1.82) is 0 Å². The van der Waals surface area contributed by atoms with Gasteiger partial charge < -0.3 is 14.0 Å². The summed E-state index contributed by atoms with van der Waals surface area (Å²) in [5, 5.41) is 0. The number of rotatable bonds is 9. The number of hydrogen-bond donors (Lipinski definition) is 0. The van der Waals surface area contributed by atoms with Gasteiger partial charge in [0.2, 0.25) is 0 Å². The first kappa shape index (κ1) is 21.5. The van der Waals surface area contributed by atoms with Crippen molar-refractivity contribution in [2.24, 2.45) is 0 Å². The molecule has 4 rings (SSSR count). The Labute approximate surface area is 185 Å². The van der Waals surface area contributed by atoms with Crippen LogP contribution in [0.4, 0.5) is 0 Å². The molecular formula is C27H34N2O2. The summed E-state index contributed by atoms with van der Waals surface area (Å²) in [5.41, 5.74) is 3.52. The van der Waals surface area contributed by atoms with Crippen LogP contribution in [0.15, 0.2) is 48.5 Å². The highest BCUT2D eigenvalue weighted by atomic mass is 16.5. The third-order valence-corrected chi connectivity index (χ3v) is 6.23. The number of imidazole rings is 1. The number of aryl methyl sites for hydroxylation is 1. The van der Waals surface area contributed by atoms with Crippen LogP contribution in [0.3, 0.4) is 0 Å². The maximum Gasteiger partial charge on any atom is 0.161 e. The molecule has 0 spiro atoms. The summed E-state index contributed by atoms with van der Waals surface area (Å²) < 4.78 is 14.0. The Hall–Kier alpha value is -2.75. The third kappa shape index (κ3) is 5.12. The van der Waals surface area contributed by atoms with Crippen LogP contribution >= 0.6 is 0 Å². The minimum atomic E-state index is 0.609. The van der Waals surface area contributed by atoms with E-state index in [0.717, 1.165) is 42.0 Å². The van der Waals surface area contributed by atoms with Gasteiger partial charge in [-0.3, -0.25) is 0 Å². The van der Waals surface area contributed by atoms with E-state index in [-0.39, 0.29) is 0 Å². The summed E-state index contributed by atoms with van der Waals surface area (Å²) in [4.78, 5) is 5.04. The molecule has 1 aliphatic rings. The summed E-state index contributed by atoms with van der Waals surface area (Å²) in [6.07, 6.45) is 12.7. The molecule has 2 aromatic carbocycles. The van der Waals surface area contributed by atoms with Crippen LogP contribution in [-0.2, 0) is 6.54 Å². The zero-order chi connectivity index (χ0) is 21.5. The Balaban J connectivity index is 1.38. The van der Waals surface area contributed by atoms with E-state index < -0.39 is 0 Å². The first-order valence-corrected chi connectivity index (χ1v) is 11.7. The lowest BCUT2D eigenvalue weighted by molar-refractivity contribution is 0.283. The monoisotopic (exact) mass is 418 g/mol.